The minimum Gasteiger partial charge on any atom is -0.361 e. The first-order valence-electron chi connectivity index (χ1n) is 7.06. The molecular weight excluding hydrogens is 252 g/mol. The van der Waals surface area contributed by atoms with E-state index in [9.17, 15) is 4.79 Å². The SMILES string of the molecule is NCCN1CCNC(=O)[C@@H]1Cc1c[nH]c2ccccc12. The fourth-order valence-corrected chi connectivity index (χ4v) is 2.93. The molecule has 5 heteroatoms. The average molecular weight is 272 g/mol. The van der Waals surface area contributed by atoms with E-state index < -0.39 is 0 Å². The van der Waals surface area contributed by atoms with Gasteiger partial charge in [-0.3, -0.25) is 9.69 Å². The highest BCUT2D eigenvalue weighted by atomic mass is 16.2. The highest BCUT2D eigenvalue weighted by molar-refractivity contribution is 5.86. The molecule has 0 bridgehead atoms. The Hall–Kier alpha value is -1.85. The molecular formula is C15H20N4O. The van der Waals surface area contributed by atoms with E-state index in [1.165, 1.54) is 10.9 Å². The molecule has 1 fully saturated rings. The fraction of sp³-hybridized carbons (Fsp3) is 0.400. The normalized spacial score (nSPS) is 20.2. The zero-order chi connectivity index (χ0) is 13.9. The second-order valence-electron chi connectivity index (χ2n) is 5.20. The van der Waals surface area contributed by atoms with Crippen LogP contribution in [0.25, 0.3) is 10.9 Å². The first kappa shape index (κ1) is 13.1. The van der Waals surface area contributed by atoms with Crippen molar-refractivity contribution < 1.29 is 4.79 Å². The van der Waals surface area contributed by atoms with E-state index in [2.05, 4.69) is 27.3 Å². The van der Waals surface area contributed by atoms with Gasteiger partial charge in [0, 0.05) is 43.3 Å². The molecule has 3 rings (SSSR count). The fourth-order valence-electron chi connectivity index (χ4n) is 2.93. The number of aromatic amines is 1. The number of aromatic nitrogens is 1. The molecule has 1 atom stereocenters. The Morgan fingerprint density at radius 3 is 3.05 bits per heavy atom. The number of amides is 1. The molecule has 1 aliphatic heterocycles. The number of H-pyrrole nitrogens is 1. The number of carbonyl (C=O) groups excluding carboxylic acids is 1. The van der Waals surface area contributed by atoms with Crippen molar-refractivity contribution in [1.82, 2.24) is 15.2 Å². The van der Waals surface area contributed by atoms with Gasteiger partial charge in [-0.25, -0.2) is 0 Å². The minimum absolute atomic E-state index is 0.106. The van der Waals surface area contributed by atoms with Crippen LogP contribution in [0.5, 0.6) is 0 Å². The Kier molecular flexibility index (Phi) is 3.71. The molecule has 0 radical (unpaired) electrons. The maximum absolute atomic E-state index is 12.1. The number of hydrogen-bond donors (Lipinski definition) is 3. The van der Waals surface area contributed by atoms with Gasteiger partial charge in [-0.1, -0.05) is 18.2 Å². The zero-order valence-corrected chi connectivity index (χ0v) is 11.4. The van der Waals surface area contributed by atoms with Crippen molar-refractivity contribution in [3.63, 3.8) is 0 Å². The van der Waals surface area contributed by atoms with Gasteiger partial charge in [0.05, 0.1) is 6.04 Å². The van der Waals surface area contributed by atoms with Gasteiger partial charge in [0.2, 0.25) is 5.91 Å². The Morgan fingerprint density at radius 2 is 2.20 bits per heavy atom. The van der Waals surface area contributed by atoms with Gasteiger partial charge in [-0.05, 0) is 18.1 Å². The van der Waals surface area contributed by atoms with E-state index in [4.69, 9.17) is 5.73 Å². The summed E-state index contributed by atoms with van der Waals surface area (Å²) in [6, 6.07) is 8.06. The number of fused-ring (bicyclic) bond motifs is 1. The highest BCUT2D eigenvalue weighted by Gasteiger charge is 2.29. The maximum atomic E-state index is 12.1. The maximum Gasteiger partial charge on any atom is 0.237 e. The van der Waals surface area contributed by atoms with Crippen molar-refractivity contribution in [3.05, 3.63) is 36.0 Å². The third kappa shape index (κ3) is 2.42. The van der Waals surface area contributed by atoms with Crippen LogP contribution in [-0.2, 0) is 11.2 Å². The molecule has 0 aliphatic carbocycles. The lowest BCUT2D eigenvalue weighted by Gasteiger charge is -2.34. The van der Waals surface area contributed by atoms with Crippen LogP contribution in [-0.4, -0.2) is 48.0 Å². The number of rotatable bonds is 4. The first-order chi connectivity index (χ1) is 9.79. The van der Waals surface area contributed by atoms with Crippen LogP contribution < -0.4 is 11.1 Å². The van der Waals surface area contributed by atoms with Gasteiger partial charge in [-0.2, -0.15) is 0 Å². The number of benzene rings is 1. The van der Waals surface area contributed by atoms with E-state index >= 15 is 0 Å². The summed E-state index contributed by atoms with van der Waals surface area (Å²) < 4.78 is 0. The lowest BCUT2D eigenvalue weighted by atomic mass is 10.0. The molecule has 0 spiro atoms. The van der Waals surface area contributed by atoms with Crippen molar-refractivity contribution in [2.24, 2.45) is 5.73 Å². The Bertz CT molecular complexity index is 605. The first-order valence-corrected chi connectivity index (χ1v) is 7.06. The van der Waals surface area contributed by atoms with Gasteiger partial charge < -0.3 is 16.0 Å². The quantitative estimate of drug-likeness (QED) is 0.757. The molecule has 1 saturated heterocycles. The Labute approximate surface area is 118 Å². The van der Waals surface area contributed by atoms with Crippen molar-refractivity contribution in [2.45, 2.75) is 12.5 Å². The lowest BCUT2D eigenvalue weighted by Crippen LogP contribution is -2.57. The lowest BCUT2D eigenvalue weighted by molar-refractivity contribution is -0.128. The summed E-state index contributed by atoms with van der Waals surface area (Å²) in [4.78, 5) is 17.6. The summed E-state index contributed by atoms with van der Waals surface area (Å²) in [6.07, 6.45) is 2.73. The predicted octanol–water partition coefficient (Wildman–Crippen LogP) is 0.470. The predicted molar refractivity (Wildman–Crippen MR) is 79.4 cm³/mol. The summed E-state index contributed by atoms with van der Waals surface area (Å²) in [5, 5.41) is 4.14. The molecule has 0 saturated carbocycles. The zero-order valence-electron chi connectivity index (χ0n) is 11.4. The molecule has 5 nitrogen and oxygen atoms in total. The van der Waals surface area contributed by atoms with Crippen LogP contribution in [0.4, 0.5) is 0 Å². The van der Waals surface area contributed by atoms with E-state index in [-0.39, 0.29) is 11.9 Å². The van der Waals surface area contributed by atoms with Gasteiger partial charge >= 0.3 is 0 Å². The number of nitrogens with one attached hydrogen (secondary N) is 2. The number of piperazine rings is 1. The molecule has 2 aromatic rings. The van der Waals surface area contributed by atoms with Crippen LogP contribution in [0, 0.1) is 0 Å². The van der Waals surface area contributed by atoms with Gasteiger partial charge in [0.15, 0.2) is 0 Å². The second-order valence-corrected chi connectivity index (χ2v) is 5.20. The standard InChI is InChI=1S/C15H20N4O/c16-5-7-19-8-6-17-15(20)14(19)9-11-10-18-13-4-2-1-3-12(11)13/h1-4,10,14,18H,5-9,16H2,(H,17,20)/t14-/m0/s1. The summed E-state index contributed by atoms with van der Waals surface area (Å²) in [7, 11) is 0. The van der Waals surface area contributed by atoms with Crippen LogP contribution in [0.2, 0.25) is 0 Å². The molecule has 1 aliphatic rings. The monoisotopic (exact) mass is 272 g/mol. The highest BCUT2D eigenvalue weighted by Crippen LogP contribution is 2.21. The van der Waals surface area contributed by atoms with E-state index in [1.54, 1.807) is 0 Å². The minimum atomic E-state index is -0.119. The van der Waals surface area contributed by atoms with Gasteiger partial charge in [0.1, 0.15) is 0 Å². The third-order valence-electron chi connectivity index (χ3n) is 3.95. The Morgan fingerprint density at radius 1 is 1.35 bits per heavy atom. The summed E-state index contributed by atoms with van der Waals surface area (Å²) in [6.45, 7) is 2.93. The van der Waals surface area contributed by atoms with Crippen LogP contribution in [0.1, 0.15) is 5.56 Å². The third-order valence-corrected chi connectivity index (χ3v) is 3.95. The van der Waals surface area contributed by atoms with Crippen molar-refractivity contribution in [3.8, 4) is 0 Å². The molecule has 2 heterocycles. The van der Waals surface area contributed by atoms with Gasteiger partial charge in [-0.15, -0.1) is 0 Å². The molecule has 1 aromatic carbocycles. The van der Waals surface area contributed by atoms with Crippen LogP contribution >= 0.6 is 0 Å². The van der Waals surface area contributed by atoms with Crippen molar-refractivity contribution in [2.75, 3.05) is 26.2 Å². The van der Waals surface area contributed by atoms with E-state index in [0.717, 1.165) is 25.0 Å². The van der Waals surface area contributed by atoms with E-state index in [0.29, 0.717) is 13.1 Å². The Balaban J connectivity index is 1.85. The molecule has 106 valence electrons. The summed E-state index contributed by atoms with van der Waals surface area (Å²) >= 11 is 0. The molecule has 1 aromatic heterocycles. The second kappa shape index (κ2) is 5.64. The number of para-hydroxylation sites is 1. The van der Waals surface area contributed by atoms with Gasteiger partial charge in [0.25, 0.3) is 0 Å². The average Bonchev–Trinajstić information content (AvgIpc) is 2.86. The van der Waals surface area contributed by atoms with Crippen molar-refractivity contribution in [1.29, 1.82) is 0 Å². The summed E-state index contributed by atoms with van der Waals surface area (Å²) in [5.41, 5.74) is 7.95. The molecule has 0 unspecified atom stereocenters. The molecule has 20 heavy (non-hydrogen) atoms. The molecule has 4 N–H and O–H groups in total. The largest absolute Gasteiger partial charge is 0.361 e. The van der Waals surface area contributed by atoms with Crippen molar-refractivity contribution >= 4 is 16.8 Å². The molecule has 1 amide bonds. The van der Waals surface area contributed by atoms with E-state index in [1.807, 2.05) is 18.3 Å². The summed E-state index contributed by atoms with van der Waals surface area (Å²) in [5.74, 6) is 0.106. The topological polar surface area (TPSA) is 74.2 Å². The number of carbonyl (C=O) groups is 1. The smallest absolute Gasteiger partial charge is 0.237 e. The number of nitrogens with zero attached hydrogens (tertiary/aromatic N) is 1. The van der Waals surface area contributed by atoms with Crippen LogP contribution in [0.3, 0.4) is 0 Å². The number of nitrogens with two attached hydrogens (primary N) is 1. The number of hydrogen-bond acceptors (Lipinski definition) is 3. The van der Waals surface area contributed by atoms with Crippen LogP contribution in [0.15, 0.2) is 30.5 Å².